The number of aromatic nitrogens is 1. The summed E-state index contributed by atoms with van der Waals surface area (Å²) in [6.07, 6.45) is -1.41. The molecule has 0 atom stereocenters. The van der Waals surface area contributed by atoms with E-state index in [9.17, 15) is 13.2 Å². The number of anilines is 1. The molecule has 0 saturated heterocycles. The smallest absolute Gasteiger partial charge is 0.422 e. The number of alkyl halides is 3. The predicted octanol–water partition coefficient (Wildman–Crippen LogP) is 3.23. The normalized spacial score (nSPS) is 11.3. The quantitative estimate of drug-likeness (QED) is 0.907. The van der Waals surface area contributed by atoms with Crippen LogP contribution < -0.4 is 10.1 Å². The number of halogens is 3. The monoisotopic (exact) mass is 272 g/mol. The lowest BCUT2D eigenvalue weighted by atomic mass is 10.4. The topological polar surface area (TPSA) is 47.3 Å². The minimum atomic E-state index is -4.36. The fraction of sp³-hybridized carbons (Fsp3) is 0.250. The molecule has 0 aliphatic carbocycles. The highest BCUT2D eigenvalue weighted by atomic mass is 19.4. The molecule has 0 aliphatic rings. The summed E-state index contributed by atoms with van der Waals surface area (Å²) >= 11 is 0. The van der Waals surface area contributed by atoms with E-state index in [1.807, 2.05) is 0 Å². The zero-order valence-electron chi connectivity index (χ0n) is 9.78. The summed E-state index contributed by atoms with van der Waals surface area (Å²) in [6, 6.07) is 6.53. The Hall–Kier alpha value is -2.18. The molecule has 0 unspecified atom stereocenters. The van der Waals surface area contributed by atoms with Gasteiger partial charge in [0.2, 0.25) is 5.88 Å². The van der Waals surface area contributed by atoms with Crippen molar-refractivity contribution < 1.29 is 22.3 Å². The Balaban J connectivity index is 1.84. The van der Waals surface area contributed by atoms with Gasteiger partial charge in [0.1, 0.15) is 5.76 Å². The van der Waals surface area contributed by atoms with Gasteiger partial charge in [-0.2, -0.15) is 13.2 Å². The Morgan fingerprint density at radius 3 is 2.68 bits per heavy atom. The van der Waals surface area contributed by atoms with E-state index >= 15 is 0 Å². The van der Waals surface area contributed by atoms with E-state index in [0.717, 1.165) is 5.76 Å². The highest BCUT2D eigenvalue weighted by Crippen LogP contribution is 2.18. The van der Waals surface area contributed by atoms with Crippen molar-refractivity contribution in [2.45, 2.75) is 12.7 Å². The molecule has 19 heavy (non-hydrogen) atoms. The average Bonchev–Trinajstić information content (AvgIpc) is 2.87. The van der Waals surface area contributed by atoms with Crippen molar-refractivity contribution >= 4 is 5.69 Å². The van der Waals surface area contributed by atoms with Gasteiger partial charge in [0.25, 0.3) is 0 Å². The van der Waals surface area contributed by atoms with Gasteiger partial charge in [0.15, 0.2) is 6.61 Å². The van der Waals surface area contributed by atoms with Crippen LogP contribution in [-0.4, -0.2) is 17.8 Å². The lowest BCUT2D eigenvalue weighted by Gasteiger charge is -2.09. The van der Waals surface area contributed by atoms with E-state index < -0.39 is 12.8 Å². The molecule has 2 heterocycles. The number of rotatable bonds is 5. The molecule has 1 N–H and O–H groups in total. The number of hydrogen-bond acceptors (Lipinski definition) is 4. The van der Waals surface area contributed by atoms with Crippen LogP contribution in [0.2, 0.25) is 0 Å². The Bertz CT molecular complexity index is 495. The number of nitrogens with zero attached hydrogens (tertiary/aromatic N) is 1. The molecule has 102 valence electrons. The van der Waals surface area contributed by atoms with E-state index in [0.29, 0.717) is 12.2 Å². The van der Waals surface area contributed by atoms with Gasteiger partial charge in [-0.05, 0) is 18.2 Å². The second-order valence-electron chi connectivity index (χ2n) is 3.72. The first-order valence-electron chi connectivity index (χ1n) is 5.45. The lowest BCUT2D eigenvalue weighted by Crippen LogP contribution is -2.19. The van der Waals surface area contributed by atoms with Crippen molar-refractivity contribution in [3.63, 3.8) is 0 Å². The second kappa shape index (κ2) is 5.64. The second-order valence-corrected chi connectivity index (χ2v) is 3.72. The molecular weight excluding hydrogens is 261 g/mol. The number of pyridine rings is 1. The summed E-state index contributed by atoms with van der Waals surface area (Å²) in [7, 11) is 0. The third-order valence-electron chi connectivity index (χ3n) is 2.17. The van der Waals surface area contributed by atoms with E-state index in [1.54, 1.807) is 24.5 Å². The van der Waals surface area contributed by atoms with Crippen LogP contribution in [0.1, 0.15) is 5.76 Å². The maximum Gasteiger partial charge on any atom is 0.422 e. The molecule has 2 rings (SSSR count). The first-order valence-corrected chi connectivity index (χ1v) is 5.45. The minimum Gasteiger partial charge on any atom is -0.468 e. The van der Waals surface area contributed by atoms with Crippen molar-refractivity contribution in [3.8, 4) is 5.88 Å². The number of furan rings is 1. The predicted molar refractivity (Wildman–Crippen MR) is 61.8 cm³/mol. The molecule has 0 fully saturated rings. The van der Waals surface area contributed by atoms with Gasteiger partial charge in [-0.1, -0.05) is 0 Å². The SMILES string of the molecule is FC(F)(F)COc1ccc(NCc2ccco2)cn1. The van der Waals surface area contributed by atoms with E-state index in [4.69, 9.17) is 4.42 Å². The van der Waals surface area contributed by atoms with Crippen LogP contribution in [-0.2, 0) is 6.54 Å². The molecule has 0 spiro atoms. The highest BCUT2D eigenvalue weighted by molar-refractivity contribution is 5.42. The Labute approximate surface area is 107 Å². The number of hydrogen-bond donors (Lipinski definition) is 1. The van der Waals surface area contributed by atoms with E-state index in [1.165, 1.54) is 12.3 Å². The summed E-state index contributed by atoms with van der Waals surface area (Å²) in [4.78, 5) is 3.77. The summed E-state index contributed by atoms with van der Waals surface area (Å²) in [5.74, 6) is 0.679. The van der Waals surface area contributed by atoms with Crippen LogP contribution in [0.4, 0.5) is 18.9 Å². The van der Waals surface area contributed by atoms with Crippen molar-refractivity contribution in [2.24, 2.45) is 0 Å². The number of nitrogens with one attached hydrogen (secondary N) is 1. The average molecular weight is 272 g/mol. The molecular formula is C12H11F3N2O2. The standard InChI is InChI=1S/C12H11F3N2O2/c13-12(14,15)8-19-11-4-3-9(6-17-11)16-7-10-2-1-5-18-10/h1-6,16H,7-8H2. The molecule has 4 nitrogen and oxygen atoms in total. The van der Waals surface area contributed by atoms with Crippen LogP contribution in [0.25, 0.3) is 0 Å². The molecule has 0 amide bonds. The molecule has 0 aliphatic heterocycles. The van der Waals surface area contributed by atoms with Gasteiger partial charge < -0.3 is 14.5 Å². The molecule has 2 aromatic heterocycles. The molecule has 0 saturated carbocycles. The Morgan fingerprint density at radius 1 is 1.26 bits per heavy atom. The summed E-state index contributed by atoms with van der Waals surface area (Å²) in [6.45, 7) is -0.878. The lowest BCUT2D eigenvalue weighted by molar-refractivity contribution is -0.154. The highest BCUT2D eigenvalue weighted by Gasteiger charge is 2.28. The van der Waals surface area contributed by atoms with Crippen molar-refractivity contribution in [2.75, 3.05) is 11.9 Å². The zero-order chi connectivity index (χ0) is 13.7. The van der Waals surface area contributed by atoms with Gasteiger partial charge in [-0.25, -0.2) is 4.98 Å². The van der Waals surface area contributed by atoms with Crippen LogP contribution in [0.5, 0.6) is 5.88 Å². The van der Waals surface area contributed by atoms with Crippen LogP contribution in [0, 0.1) is 0 Å². The summed E-state index contributed by atoms with van der Waals surface area (Å²) < 4.78 is 45.4. The fourth-order valence-corrected chi connectivity index (χ4v) is 1.33. The Kier molecular flexibility index (Phi) is 3.94. The summed E-state index contributed by atoms with van der Waals surface area (Å²) in [5.41, 5.74) is 0.663. The van der Waals surface area contributed by atoms with Gasteiger partial charge in [-0.15, -0.1) is 0 Å². The van der Waals surface area contributed by atoms with Gasteiger partial charge in [0, 0.05) is 6.07 Å². The molecule has 0 aromatic carbocycles. The largest absolute Gasteiger partial charge is 0.468 e. The first-order chi connectivity index (χ1) is 9.03. The van der Waals surface area contributed by atoms with Gasteiger partial charge in [-0.3, -0.25) is 0 Å². The van der Waals surface area contributed by atoms with Crippen molar-refractivity contribution in [1.82, 2.24) is 4.98 Å². The van der Waals surface area contributed by atoms with Crippen LogP contribution in [0.15, 0.2) is 41.1 Å². The third-order valence-corrected chi connectivity index (χ3v) is 2.17. The third kappa shape index (κ3) is 4.53. The first kappa shape index (κ1) is 13.3. The van der Waals surface area contributed by atoms with Gasteiger partial charge in [0.05, 0.1) is 24.7 Å². The fourth-order valence-electron chi connectivity index (χ4n) is 1.33. The van der Waals surface area contributed by atoms with Crippen molar-refractivity contribution in [1.29, 1.82) is 0 Å². The van der Waals surface area contributed by atoms with E-state index in [-0.39, 0.29) is 5.88 Å². The van der Waals surface area contributed by atoms with Crippen LogP contribution in [0.3, 0.4) is 0 Å². The van der Waals surface area contributed by atoms with Crippen molar-refractivity contribution in [3.05, 3.63) is 42.5 Å². The van der Waals surface area contributed by atoms with Gasteiger partial charge >= 0.3 is 6.18 Å². The maximum atomic E-state index is 11.9. The summed E-state index contributed by atoms with van der Waals surface area (Å²) in [5, 5.41) is 3.01. The molecule has 7 heteroatoms. The molecule has 0 radical (unpaired) electrons. The Morgan fingerprint density at radius 2 is 2.11 bits per heavy atom. The minimum absolute atomic E-state index is 0.0686. The molecule has 0 bridgehead atoms. The maximum absolute atomic E-state index is 11.9. The van der Waals surface area contributed by atoms with E-state index in [2.05, 4.69) is 15.0 Å². The number of ether oxygens (including phenoxy) is 1. The van der Waals surface area contributed by atoms with Crippen LogP contribution >= 0.6 is 0 Å². The molecule has 2 aromatic rings. The zero-order valence-corrected chi connectivity index (χ0v) is 9.78.